The second-order valence-corrected chi connectivity index (χ2v) is 7.49. The Morgan fingerprint density at radius 2 is 1.73 bits per heavy atom. The monoisotopic (exact) mass is 424 g/mol. The van der Waals surface area contributed by atoms with Gasteiger partial charge in [0.25, 0.3) is 0 Å². The summed E-state index contributed by atoms with van der Waals surface area (Å²) in [7, 11) is 0. The van der Waals surface area contributed by atoms with Crippen LogP contribution in [0.5, 0.6) is 0 Å². The maximum atomic E-state index is 12.3. The number of aryl methyl sites for hydroxylation is 1. The number of rotatable bonds is 8. The Bertz CT molecular complexity index is 1010. The van der Waals surface area contributed by atoms with E-state index in [0.29, 0.717) is 29.6 Å². The first kappa shape index (κ1) is 21.6. The average Bonchev–Trinajstić information content (AvgIpc) is 3.16. The van der Waals surface area contributed by atoms with Gasteiger partial charge in [-0.05, 0) is 45.0 Å². The van der Waals surface area contributed by atoms with Crippen LogP contribution < -0.4 is 5.32 Å². The topological polar surface area (TPSA) is 86.1 Å². The number of carbonyl (C=O) groups is 2. The standard InChI is InChI=1S/C22H24N4O3S/c1-4-26-20(16-8-6-15(3)7-9-16)24-25-22(26)30-14-19(27)23-18-12-10-17(11-13-18)21(28)29-5-2/h6-13H,4-5,14H2,1-3H3,(H,23,27). The van der Waals surface area contributed by atoms with E-state index in [9.17, 15) is 9.59 Å². The lowest BCUT2D eigenvalue weighted by Crippen LogP contribution is -2.15. The van der Waals surface area contributed by atoms with Crippen molar-refractivity contribution in [3.05, 3.63) is 59.7 Å². The van der Waals surface area contributed by atoms with Crippen molar-refractivity contribution in [1.29, 1.82) is 0 Å². The Hall–Kier alpha value is -3.13. The van der Waals surface area contributed by atoms with E-state index in [0.717, 1.165) is 11.4 Å². The zero-order chi connectivity index (χ0) is 21.5. The SMILES string of the molecule is CCOC(=O)c1ccc(NC(=O)CSc2nnc(-c3ccc(C)cc3)n2CC)cc1. The van der Waals surface area contributed by atoms with Gasteiger partial charge >= 0.3 is 5.97 Å². The molecule has 1 aromatic heterocycles. The lowest BCUT2D eigenvalue weighted by molar-refractivity contribution is -0.113. The highest BCUT2D eigenvalue weighted by Gasteiger charge is 2.15. The van der Waals surface area contributed by atoms with Crippen molar-refractivity contribution >= 4 is 29.3 Å². The zero-order valence-corrected chi connectivity index (χ0v) is 18.0. The molecule has 0 bridgehead atoms. The number of benzene rings is 2. The molecule has 1 N–H and O–H groups in total. The smallest absolute Gasteiger partial charge is 0.338 e. The first-order chi connectivity index (χ1) is 14.5. The van der Waals surface area contributed by atoms with Crippen molar-refractivity contribution < 1.29 is 14.3 Å². The molecule has 156 valence electrons. The predicted molar refractivity (Wildman–Crippen MR) is 118 cm³/mol. The predicted octanol–water partition coefficient (Wildman–Crippen LogP) is 4.18. The third kappa shape index (κ3) is 5.27. The van der Waals surface area contributed by atoms with Gasteiger partial charge in [0.1, 0.15) is 0 Å². The number of carbonyl (C=O) groups excluding carboxylic acids is 2. The van der Waals surface area contributed by atoms with Crippen molar-refractivity contribution in [1.82, 2.24) is 14.8 Å². The first-order valence-corrected chi connectivity index (χ1v) is 10.7. The molecular formula is C22H24N4O3S. The van der Waals surface area contributed by atoms with Gasteiger partial charge in [-0.2, -0.15) is 0 Å². The maximum absolute atomic E-state index is 12.3. The molecule has 0 fully saturated rings. The minimum Gasteiger partial charge on any atom is -0.462 e. The second-order valence-electron chi connectivity index (χ2n) is 6.55. The van der Waals surface area contributed by atoms with Crippen LogP contribution in [-0.4, -0.2) is 39.0 Å². The molecular weight excluding hydrogens is 400 g/mol. The van der Waals surface area contributed by atoms with E-state index >= 15 is 0 Å². The number of ether oxygens (including phenoxy) is 1. The number of esters is 1. The van der Waals surface area contributed by atoms with Crippen LogP contribution in [0.2, 0.25) is 0 Å². The fourth-order valence-electron chi connectivity index (χ4n) is 2.83. The molecule has 0 aliphatic heterocycles. The van der Waals surface area contributed by atoms with Crippen LogP contribution in [0, 0.1) is 6.92 Å². The molecule has 0 saturated heterocycles. The molecule has 1 amide bonds. The molecule has 30 heavy (non-hydrogen) atoms. The van der Waals surface area contributed by atoms with Gasteiger partial charge in [-0.15, -0.1) is 10.2 Å². The molecule has 8 heteroatoms. The maximum Gasteiger partial charge on any atom is 0.338 e. The van der Waals surface area contributed by atoms with E-state index in [4.69, 9.17) is 4.74 Å². The van der Waals surface area contributed by atoms with E-state index in [2.05, 4.69) is 15.5 Å². The lowest BCUT2D eigenvalue weighted by Gasteiger charge is -2.08. The van der Waals surface area contributed by atoms with Crippen LogP contribution in [0.1, 0.15) is 29.8 Å². The van der Waals surface area contributed by atoms with Crippen LogP contribution in [0.25, 0.3) is 11.4 Å². The normalized spacial score (nSPS) is 10.6. The zero-order valence-electron chi connectivity index (χ0n) is 17.2. The van der Waals surface area contributed by atoms with E-state index in [1.165, 1.54) is 17.3 Å². The number of anilines is 1. The summed E-state index contributed by atoms with van der Waals surface area (Å²) in [5, 5.41) is 12.1. The van der Waals surface area contributed by atoms with Crippen molar-refractivity contribution in [3.8, 4) is 11.4 Å². The molecule has 0 spiro atoms. The summed E-state index contributed by atoms with van der Waals surface area (Å²) in [6.45, 7) is 6.85. The molecule has 3 rings (SSSR count). The van der Waals surface area contributed by atoms with Crippen molar-refractivity contribution in [3.63, 3.8) is 0 Å². The van der Waals surface area contributed by atoms with Crippen LogP contribution in [0.15, 0.2) is 53.7 Å². The highest BCUT2D eigenvalue weighted by molar-refractivity contribution is 7.99. The summed E-state index contributed by atoms with van der Waals surface area (Å²) in [6, 6.07) is 14.7. The number of amides is 1. The Kier molecular flexibility index (Phi) is 7.24. The molecule has 2 aromatic carbocycles. The largest absolute Gasteiger partial charge is 0.462 e. The van der Waals surface area contributed by atoms with Gasteiger partial charge in [0.2, 0.25) is 5.91 Å². The fourth-order valence-corrected chi connectivity index (χ4v) is 3.63. The van der Waals surface area contributed by atoms with E-state index in [-0.39, 0.29) is 17.6 Å². The molecule has 1 heterocycles. The van der Waals surface area contributed by atoms with Gasteiger partial charge in [-0.3, -0.25) is 4.79 Å². The number of hydrogen-bond donors (Lipinski definition) is 1. The highest BCUT2D eigenvalue weighted by atomic mass is 32.2. The Morgan fingerprint density at radius 1 is 1.03 bits per heavy atom. The summed E-state index contributed by atoms with van der Waals surface area (Å²) in [5.41, 5.74) is 3.24. The van der Waals surface area contributed by atoms with Crippen LogP contribution >= 0.6 is 11.8 Å². The summed E-state index contributed by atoms with van der Waals surface area (Å²) >= 11 is 1.34. The van der Waals surface area contributed by atoms with Crippen LogP contribution in [0.3, 0.4) is 0 Å². The van der Waals surface area contributed by atoms with Crippen LogP contribution in [0.4, 0.5) is 5.69 Å². The minimum absolute atomic E-state index is 0.161. The van der Waals surface area contributed by atoms with E-state index in [1.54, 1.807) is 31.2 Å². The van der Waals surface area contributed by atoms with E-state index < -0.39 is 0 Å². The molecule has 0 atom stereocenters. The molecule has 0 saturated carbocycles. The Morgan fingerprint density at radius 3 is 2.37 bits per heavy atom. The lowest BCUT2D eigenvalue weighted by atomic mass is 10.1. The Labute approximate surface area is 179 Å². The van der Waals surface area contributed by atoms with E-state index in [1.807, 2.05) is 42.7 Å². The Balaban J connectivity index is 1.61. The van der Waals surface area contributed by atoms with Gasteiger partial charge in [-0.1, -0.05) is 41.6 Å². The number of nitrogens with one attached hydrogen (secondary N) is 1. The van der Waals surface area contributed by atoms with Crippen LogP contribution in [-0.2, 0) is 16.1 Å². The van der Waals surface area contributed by atoms with Gasteiger partial charge < -0.3 is 14.6 Å². The number of thioether (sulfide) groups is 1. The third-order valence-electron chi connectivity index (χ3n) is 4.35. The number of hydrogen-bond acceptors (Lipinski definition) is 6. The summed E-state index contributed by atoms with van der Waals surface area (Å²) < 4.78 is 6.95. The minimum atomic E-state index is -0.380. The second kappa shape index (κ2) is 10.1. The van der Waals surface area contributed by atoms with Gasteiger partial charge in [0, 0.05) is 17.8 Å². The average molecular weight is 425 g/mol. The quantitative estimate of drug-likeness (QED) is 0.431. The third-order valence-corrected chi connectivity index (χ3v) is 5.32. The summed E-state index contributed by atoms with van der Waals surface area (Å²) in [6.07, 6.45) is 0. The molecule has 3 aromatic rings. The number of nitrogens with zero attached hydrogens (tertiary/aromatic N) is 3. The van der Waals surface area contributed by atoms with Crippen molar-refractivity contribution in [2.24, 2.45) is 0 Å². The summed E-state index contributed by atoms with van der Waals surface area (Å²) in [5.74, 6) is 0.446. The molecule has 0 aliphatic rings. The molecule has 7 nitrogen and oxygen atoms in total. The number of aromatic nitrogens is 3. The first-order valence-electron chi connectivity index (χ1n) is 9.72. The van der Waals surface area contributed by atoms with Crippen molar-refractivity contribution in [2.45, 2.75) is 32.5 Å². The fraction of sp³-hybridized carbons (Fsp3) is 0.273. The summed E-state index contributed by atoms with van der Waals surface area (Å²) in [4.78, 5) is 24.0. The van der Waals surface area contributed by atoms with Crippen molar-refractivity contribution in [2.75, 3.05) is 17.7 Å². The highest BCUT2D eigenvalue weighted by Crippen LogP contribution is 2.24. The van der Waals surface area contributed by atoms with Gasteiger partial charge in [-0.25, -0.2) is 4.79 Å². The molecule has 0 radical (unpaired) electrons. The molecule has 0 unspecified atom stereocenters. The van der Waals surface area contributed by atoms with Gasteiger partial charge in [0.05, 0.1) is 17.9 Å². The van der Waals surface area contributed by atoms with Gasteiger partial charge in [0.15, 0.2) is 11.0 Å². The molecule has 0 aliphatic carbocycles.